The first kappa shape index (κ1) is 29.8. The molecule has 0 amide bonds. The largest absolute Gasteiger partial charge is 0.463 e. The van der Waals surface area contributed by atoms with E-state index in [-0.39, 0.29) is 42.2 Å². The molecule has 0 aromatic heterocycles. The van der Waals surface area contributed by atoms with Gasteiger partial charge >= 0.3 is 24.1 Å². The molecule has 3 rings (SSSR count). The third-order valence-electron chi connectivity index (χ3n) is 5.84. The van der Waals surface area contributed by atoms with Crippen molar-refractivity contribution in [1.29, 1.82) is 5.26 Å². The third-order valence-corrected chi connectivity index (χ3v) is 5.84. The van der Waals surface area contributed by atoms with Crippen molar-refractivity contribution in [3.63, 3.8) is 0 Å². The minimum atomic E-state index is -4.75. The Hall–Kier alpha value is -4.79. The second-order valence-electron chi connectivity index (χ2n) is 8.27. The maximum atomic E-state index is 13.6. The zero-order valence-electron chi connectivity index (χ0n) is 21.9. The lowest BCUT2D eigenvalue weighted by atomic mass is 9.80. The average Bonchev–Trinajstić information content (AvgIpc) is 2.92. The summed E-state index contributed by atoms with van der Waals surface area (Å²) >= 11 is 0. The fourth-order valence-electron chi connectivity index (χ4n) is 4.22. The van der Waals surface area contributed by atoms with E-state index in [0.717, 1.165) is 23.1 Å². The van der Waals surface area contributed by atoms with Crippen molar-refractivity contribution >= 4 is 23.6 Å². The molecule has 1 unspecified atom stereocenters. The molecular weight excluding hydrogens is 531 g/mol. The molecular formula is C28H26F3N3O6. The van der Waals surface area contributed by atoms with Gasteiger partial charge in [-0.1, -0.05) is 18.2 Å². The number of nitrogens with zero attached hydrogens (tertiary/aromatic N) is 2. The summed E-state index contributed by atoms with van der Waals surface area (Å²) in [6.07, 6.45) is -4.75. The van der Waals surface area contributed by atoms with Gasteiger partial charge in [0.05, 0.1) is 54.1 Å². The molecule has 1 atom stereocenters. The van der Waals surface area contributed by atoms with Crippen LogP contribution in [0.5, 0.6) is 0 Å². The van der Waals surface area contributed by atoms with E-state index in [2.05, 4.69) is 0 Å². The molecule has 2 N–H and O–H groups in total. The summed E-state index contributed by atoms with van der Waals surface area (Å²) in [5.74, 6) is -4.91. The molecule has 12 heteroatoms. The van der Waals surface area contributed by atoms with Gasteiger partial charge < -0.3 is 19.9 Å². The van der Waals surface area contributed by atoms with Gasteiger partial charge in [0.2, 0.25) is 0 Å². The van der Waals surface area contributed by atoms with E-state index in [9.17, 15) is 32.8 Å². The van der Waals surface area contributed by atoms with Crippen LogP contribution in [0.3, 0.4) is 0 Å². The number of hydrogen-bond donors (Lipinski definition) is 1. The highest BCUT2D eigenvalue weighted by Crippen LogP contribution is 2.45. The van der Waals surface area contributed by atoms with Crippen LogP contribution in [0.25, 0.3) is 0 Å². The number of nitriles is 1. The van der Waals surface area contributed by atoms with Crippen LogP contribution in [-0.2, 0) is 34.8 Å². The Morgan fingerprint density at radius 2 is 1.45 bits per heavy atom. The highest BCUT2D eigenvalue weighted by atomic mass is 19.4. The fourth-order valence-corrected chi connectivity index (χ4v) is 4.22. The number of rotatable bonds is 8. The highest BCUT2D eigenvalue weighted by Gasteiger charge is 2.46. The van der Waals surface area contributed by atoms with Gasteiger partial charge in [-0.05, 0) is 56.7 Å². The van der Waals surface area contributed by atoms with Crippen LogP contribution < -0.4 is 10.6 Å². The molecule has 2 aromatic carbocycles. The topological polar surface area (TPSA) is 132 Å². The second kappa shape index (κ2) is 12.4. The molecule has 9 nitrogen and oxygen atoms in total. The molecule has 0 bridgehead atoms. The van der Waals surface area contributed by atoms with Gasteiger partial charge in [0.15, 0.2) is 0 Å². The summed E-state index contributed by atoms with van der Waals surface area (Å²) < 4.78 is 56.5. The van der Waals surface area contributed by atoms with Crippen LogP contribution >= 0.6 is 0 Å². The Balaban J connectivity index is 2.48. The number of anilines is 1. The van der Waals surface area contributed by atoms with E-state index in [4.69, 9.17) is 19.9 Å². The quantitative estimate of drug-likeness (QED) is 0.373. The van der Waals surface area contributed by atoms with Crippen molar-refractivity contribution in [3.8, 4) is 6.07 Å². The van der Waals surface area contributed by atoms with Crippen molar-refractivity contribution in [3.05, 3.63) is 87.9 Å². The van der Waals surface area contributed by atoms with Crippen LogP contribution in [0.2, 0.25) is 0 Å². The molecule has 0 radical (unpaired) electrons. The number of alkyl halides is 3. The van der Waals surface area contributed by atoms with Crippen molar-refractivity contribution in [1.82, 2.24) is 0 Å². The Morgan fingerprint density at radius 1 is 0.900 bits per heavy atom. The predicted octanol–water partition coefficient (Wildman–Crippen LogP) is 4.29. The Morgan fingerprint density at radius 3 is 1.98 bits per heavy atom. The lowest BCUT2D eigenvalue weighted by Crippen LogP contribution is -2.43. The summed E-state index contributed by atoms with van der Waals surface area (Å²) in [6.45, 7) is 4.18. The predicted molar refractivity (Wildman–Crippen MR) is 136 cm³/mol. The van der Waals surface area contributed by atoms with E-state index in [1.807, 2.05) is 6.07 Å². The first-order chi connectivity index (χ1) is 19.0. The zero-order chi connectivity index (χ0) is 29.6. The van der Waals surface area contributed by atoms with Gasteiger partial charge in [0.25, 0.3) is 0 Å². The number of benzene rings is 2. The molecule has 0 saturated heterocycles. The number of ether oxygens (including phenoxy) is 3. The number of carbonyl (C=O) groups is 3. The Bertz CT molecular complexity index is 1410. The summed E-state index contributed by atoms with van der Waals surface area (Å²) in [4.78, 5) is 41.1. The molecule has 40 heavy (non-hydrogen) atoms. The van der Waals surface area contributed by atoms with Gasteiger partial charge in [0.1, 0.15) is 11.5 Å². The zero-order valence-corrected chi connectivity index (χ0v) is 21.9. The van der Waals surface area contributed by atoms with Crippen molar-refractivity contribution < 1.29 is 41.8 Å². The smallest absolute Gasteiger partial charge is 0.416 e. The average molecular weight is 558 g/mol. The Labute approximate surface area is 228 Å². The van der Waals surface area contributed by atoms with Crippen molar-refractivity contribution in [2.24, 2.45) is 5.73 Å². The summed E-state index contributed by atoms with van der Waals surface area (Å²) in [5.41, 5.74) is 4.42. The summed E-state index contributed by atoms with van der Waals surface area (Å²) in [7, 11) is 0. The molecule has 0 spiro atoms. The molecule has 1 aliphatic rings. The number of halogens is 3. The molecule has 1 aliphatic heterocycles. The molecule has 0 fully saturated rings. The molecule has 2 aromatic rings. The van der Waals surface area contributed by atoms with Gasteiger partial charge in [-0.15, -0.1) is 0 Å². The highest BCUT2D eigenvalue weighted by molar-refractivity contribution is 6.09. The monoisotopic (exact) mass is 557 g/mol. The van der Waals surface area contributed by atoms with E-state index >= 15 is 0 Å². The number of carbonyl (C=O) groups excluding carboxylic acids is 3. The SMILES string of the molecule is CCOC(=O)C1=C(N)N(c2cccc(C(F)(F)F)c2)C(C(=O)OCC)=C(C(=O)OCC)C1c1ccc(C#N)cc1. The number of hydrogen-bond acceptors (Lipinski definition) is 9. The maximum absolute atomic E-state index is 13.6. The first-order valence-corrected chi connectivity index (χ1v) is 12.2. The standard InChI is InChI=1S/C28H26F3N3O6/c1-4-38-25(35)21-20(17-12-10-16(15-32)11-13-17)22(26(36)39-5-2)24(33)34(23(21)27(37)40-6-3)19-9-7-8-18(14-19)28(29,30)31/h7-14,20H,4-6,33H2,1-3H3. The first-order valence-electron chi connectivity index (χ1n) is 12.2. The van der Waals surface area contributed by atoms with Crippen LogP contribution in [0.1, 0.15) is 43.4 Å². The summed E-state index contributed by atoms with van der Waals surface area (Å²) in [5, 5.41) is 9.23. The van der Waals surface area contributed by atoms with E-state index in [0.29, 0.717) is 0 Å². The van der Waals surface area contributed by atoms with Crippen molar-refractivity contribution in [2.45, 2.75) is 32.9 Å². The van der Waals surface area contributed by atoms with Crippen molar-refractivity contribution in [2.75, 3.05) is 24.7 Å². The fraction of sp³-hybridized carbons (Fsp3) is 0.286. The molecule has 1 heterocycles. The minimum absolute atomic E-state index is 0.0948. The van der Waals surface area contributed by atoms with Gasteiger partial charge in [0, 0.05) is 5.69 Å². The van der Waals surface area contributed by atoms with Gasteiger partial charge in [-0.3, -0.25) is 4.90 Å². The summed E-state index contributed by atoms with van der Waals surface area (Å²) in [6, 6.07) is 11.6. The number of esters is 3. The normalized spacial score (nSPS) is 15.4. The molecule has 210 valence electrons. The number of nitrogens with two attached hydrogens (primary N) is 1. The third kappa shape index (κ3) is 5.93. The Kier molecular flexibility index (Phi) is 9.21. The van der Waals surface area contributed by atoms with E-state index in [1.165, 1.54) is 51.1 Å². The maximum Gasteiger partial charge on any atom is 0.416 e. The van der Waals surface area contributed by atoms with E-state index < -0.39 is 52.7 Å². The van der Waals surface area contributed by atoms with Crippen LogP contribution in [0.4, 0.5) is 18.9 Å². The molecule has 0 aliphatic carbocycles. The minimum Gasteiger partial charge on any atom is -0.463 e. The van der Waals surface area contributed by atoms with Crippen LogP contribution in [-0.4, -0.2) is 37.7 Å². The van der Waals surface area contributed by atoms with Gasteiger partial charge in [-0.25, -0.2) is 14.4 Å². The van der Waals surface area contributed by atoms with Crippen LogP contribution in [0.15, 0.2) is 71.2 Å². The van der Waals surface area contributed by atoms with Crippen LogP contribution in [0, 0.1) is 11.3 Å². The van der Waals surface area contributed by atoms with E-state index in [1.54, 1.807) is 0 Å². The van der Waals surface area contributed by atoms with Gasteiger partial charge in [-0.2, -0.15) is 18.4 Å². The second-order valence-corrected chi connectivity index (χ2v) is 8.27. The lowest BCUT2D eigenvalue weighted by molar-refractivity contribution is -0.142. The molecule has 0 saturated carbocycles. The lowest BCUT2D eigenvalue weighted by Gasteiger charge is -2.37.